The quantitative estimate of drug-likeness (QED) is 0.407. The number of rotatable bonds is 6. The number of ether oxygens (including phenoxy) is 1. The molecular weight excluding hydrogens is 322 g/mol. The summed E-state index contributed by atoms with van der Waals surface area (Å²) in [6, 6.07) is 11.8. The van der Waals surface area contributed by atoms with Crippen molar-refractivity contribution in [1.82, 2.24) is 4.98 Å². The monoisotopic (exact) mass is 339 g/mol. The van der Waals surface area contributed by atoms with Gasteiger partial charge in [0, 0.05) is 35.9 Å². The third-order valence-corrected chi connectivity index (χ3v) is 4.01. The number of methoxy groups -OCH3 is 1. The van der Waals surface area contributed by atoms with Gasteiger partial charge in [-0.2, -0.15) is 0 Å². The first-order valence-corrected chi connectivity index (χ1v) is 7.76. The van der Waals surface area contributed by atoms with Crippen LogP contribution >= 0.6 is 0 Å². The van der Waals surface area contributed by atoms with Crippen LogP contribution in [0.4, 0.5) is 11.4 Å². The standard InChI is InChI=1S/C18H17N3O4/c1-25-18(22)16-4-2-3-15-12(11-20-17(15)16)9-10-19-13-5-7-14(8-6-13)21(23)24/h2-8,11,19-20H,9-10H2,1H3. The summed E-state index contributed by atoms with van der Waals surface area (Å²) in [6.07, 6.45) is 2.62. The number of para-hydroxylation sites is 1. The molecule has 7 nitrogen and oxygen atoms in total. The van der Waals surface area contributed by atoms with Crippen LogP contribution in [0.3, 0.4) is 0 Å². The van der Waals surface area contributed by atoms with Crippen molar-refractivity contribution in [3.8, 4) is 0 Å². The Morgan fingerprint density at radius 1 is 1.24 bits per heavy atom. The highest BCUT2D eigenvalue weighted by atomic mass is 16.6. The van der Waals surface area contributed by atoms with Crippen molar-refractivity contribution in [2.75, 3.05) is 19.0 Å². The maximum Gasteiger partial charge on any atom is 0.339 e. The van der Waals surface area contributed by atoms with Gasteiger partial charge >= 0.3 is 5.97 Å². The Morgan fingerprint density at radius 3 is 2.68 bits per heavy atom. The Bertz CT molecular complexity index is 916. The van der Waals surface area contributed by atoms with Crippen molar-refractivity contribution in [1.29, 1.82) is 0 Å². The minimum Gasteiger partial charge on any atom is -0.465 e. The van der Waals surface area contributed by atoms with E-state index in [4.69, 9.17) is 4.74 Å². The zero-order chi connectivity index (χ0) is 17.8. The van der Waals surface area contributed by atoms with Crippen LogP contribution in [0.15, 0.2) is 48.7 Å². The van der Waals surface area contributed by atoms with E-state index < -0.39 is 4.92 Å². The summed E-state index contributed by atoms with van der Waals surface area (Å²) in [5.41, 5.74) is 3.24. The van der Waals surface area contributed by atoms with Crippen LogP contribution in [0.25, 0.3) is 10.9 Å². The number of non-ortho nitro benzene ring substituents is 1. The Balaban J connectivity index is 1.69. The molecule has 1 heterocycles. The fraction of sp³-hybridized carbons (Fsp3) is 0.167. The van der Waals surface area contributed by atoms with E-state index in [1.54, 1.807) is 18.2 Å². The number of hydrogen-bond acceptors (Lipinski definition) is 5. The number of nitro benzene ring substituents is 1. The fourth-order valence-electron chi connectivity index (χ4n) is 2.74. The SMILES string of the molecule is COC(=O)c1cccc2c(CCNc3ccc([N+](=O)[O-])cc3)c[nH]c12. The molecule has 0 saturated carbocycles. The summed E-state index contributed by atoms with van der Waals surface area (Å²) in [5, 5.41) is 14.9. The summed E-state index contributed by atoms with van der Waals surface area (Å²) in [7, 11) is 1.36. The minimum absolute atomic E-state index is 0.0671. The molecule has 7 heteroatoms. The minimum atomic E-state index is -0.422. The fourth-order valence-corrected chi connectivity index (χ4v) is 2.74. The molecule has 128 valence electrons. The van der Waals surface area contributed by atoms with Crippen molar-refractivity contribution in [2.45, 2.75) is 6.42 Å². The second kappa shape index (κ2) is 7.04. The average Bonchev–Trinajstić information content (AvgIpc) is 3.04. The highest BCUT2D eigenvalue weighted by Gasteiger charge is 2.13. The van der Waals surface area contributed by atoms with Gasteiger partial charge in [-0.15, -0.1) is 0 Å². The first kappa shape index (κ1) is 16.5. The van der Waals surface area contributed by atoms with Crippen molar-refractivity contribution in [3.05, 3.63) is 69.9 Å². The number of nitrogens with one attached hydrogen (secondary N) is 2. The number of benzene rings is 2. The van der Waals surface area contributed by atoms with E-state index in [2.05, 4.69) is 10.3 Å². The summed E-state index contributed by atoms with van der Waals surface area (Å²) in [4.78, 5) is 25.2. The summed E-state index contributed by atoms with van der Waals surface area (Å²) in [6.45, 7) is 0.660. The lowest BCUT2D eigenvalue weighted by atomic mass is 10.1. The molecule has 0 aliphatic heterocycles. The van der Waals surface area contributed by atoms with Gasteiger partial charge in [0.25, 0.3) is 5.69 Å². The topological polar surface area (TPSA) is 97.3 Å². The van der Waals surface area contributed by atoms with Crippen LogP contribution in [0.2, 0.25) is 0 Å². The van der Waals surface area contributed by atoms with Gasteiger partial charge in [0.1, 0.15) is 0 Å². The van der Waals surface area contributed by atoms with Gasteiger partial charge in [0.2, 0.25) is 0 Å². The van der Waals surface area contributed by atoms with E-state index in [1.807, 2.05) is 18.3 Å². The van der Waals surface area contributed by atoms with Gasteiger partial charge in [-0.05, 0) is 30.2 Å². The Kier molecular flexibility index (Phi) is 4.65. The van der Waals surface area contributed by atoms with E-state index in [0.717, 1.165) is 28.6 Å². The van der Waals surface area contributed by atoms with Gasteiger partial charge in [-0.3, -0.25) is 10.1 Å². The van der Waals surface area contributed by atoms with Crippen molar-refractivity contribution in [2.24, 2.45) is 0 Å². The molecule has 0 amide bonds. The van der Waals surface area contributed by atoms with Crippen molar-refractivity contribution >= 4 is 28.2 Å². The molecule has 0 saturated heterocycles. The number of carbonyl (C=O) groups excluding carboxylic acids is 1. The second-order valence-corrected chi connectivity index (χ2v) is 5.51. The number of H-pyrrole nitrogens is 1. The van der Waals surface area contributed by atoms with Gasteiger partial charge in [-0.1, -0.05) is 12.1 Å². The predicted octanol–water partition coefficient (Wildman–Crippen LogP) is 3.52. The van der Waals surface area contributed by atoms with Crippen LogP contribution in [-0.4, -0.2) is 29.5 Å². The van der Waals surface area contributed by atoms with Crippen LogP contribution < -0.4 is 5.32 Å². The van der Waals surface area contributed by atoms with E-state index in [0.29, 0.717) is 12.1 Å². The molecule has 3 rings (SSSR count). The molecule has 0 bridgehead atoms. The highest BCUT2D eigenvalue weighted by Crippen LogP contribution is 2.23. The second-order valence-electron chi connectivity index (χ2n) is 5.51. The smallest absolute Gasteiger partial charge is 0.339 e. The lowest BCUT2D eigenvalue weighted by Gasteiger charge is -2.06. The largest absolute Gasteiger partial charge is 0.465 e. The van der Waals surface area contributed by atoms with E-state index in [9.17, 15) is 14.9 Å². The number of aromatic amines is 1. The zero-order valence-corrected chi connectivity index (χ0v) is 13.6. The highest BCUT2D eigenvalue weighted by molar-refractivity contribution is 6.03. The van der Waals surface area contributed by atoms with Gasteiger partial charge < -0.3 is 15.0 Å². The number of nitrogens with zero attached hydrogens (tertiary/aromatic N) is 1. The lowest BCUT2D eigenvalue weighted by Crippen LogP contribution is -2.04. The number of esters is 1. The molecule has 0 atom stereocenters. The molecule has 3 aromatic rings. The number of hydrogen-bond donors (Lipinski definition) is 2. The summed E-state index contributed by atoms with van der Waals surface area (Å²) < 4.78 is 4.80. The molecule has 2 aromatic carbocycles. The Labute approximate surface area is 143 Å². The average molecular weight is 339 g/mol. The van der Waals surface area contributed by atoms with Crippen molar-refractivity contribution in [3.63, 3.8) is 0 Å². The summed E-state index contributed by atoms with van der Waals surface area (Å²) >= 11 is 0. The number of anilines is 1. The number of nitro groups is 1. The Hall–Kier alpha value is -3.35. The number of aromatic nitrogens is 1. The van der Waals surface area contributed by atoms with E-state index in [1.165, 1.54) is 19.2 Å². The zero-order valence-electron chi connectivity index (χ0n) is 13.6. The first-order valence-electron chi connectivity index (χ1n) is 7.76. The normalized spacial score (nSPS) is 10.6. The first-order chi connectivity index (χ1) is 12.1. The molecule has 0 aliphatic rings. The van der Waals surface area contributed by atoms with Gasteiger partial charge in [-0.25, -0.2) is 4.79 Å². The predicted molar refractivity (Wildman–Crippen MR) is 94.9 cm³/mol. The Morgan fingerprint density at radius 2 is 2.00 bits per heavy atom. The molecule has 25 heavy (non-hydrogen) atoms. The van der Waals surface area contributed by atoms with Gasteiger partial charge in [0.15, 0.2) is 0 Å². The maximum atomic E-state index is 11.8. The third kappa shape index (κ3) is 3.45. The van der Waals surface area contributed by atoms with E-state index in [-0.39, 0.29) is 11.7 Å². The molecule has 0 unspecified atom stereocenters. The van der Waals surface area contributed by atoms with Gasteiger partial charge in [0.05, 0.1) is 23.1 Å². The molecule has 0 radical (unpaired) electrons. The number of carbonyl (C=O) groups is 1. The van der Waals surface area contributed by atoms with Crippen LogP contribution in [0.1, 0.15) is 15.9 Å². The van der Waals surface area contributed by atoms with Crippen LogP contribution in [0.5, 0.6) is 0 Å². The van der Waals surface area contributed by atoms with E-state index >= 15 is 0 Å². The van der Waals surface area contributed by atoms with Crippen molar-refractivity contribution < 1.29 is 14.5 Å². The molecule has 1 aromatic heterocycles. The lowest BCUT2D eigenvalue weighted by molar-refractivity contribution is -0.384. The maximum absolute atomic E-state index is 11.8. The molecule has 0 aliphatic carbocycles. The molecule has 2 N–H and O–H groups in total. The molecule has 0 spiro atoms. The van der Waals surface area contributed by atoms with Crippen LogP contribution in [0, 0.1) is 10.1 Å². The third-order valence-electron chi connectivity index (χ3n) is 4.01. The van der Waals surface area contributed by atoms with Crippen LogP contribution in [-0.2, 0) is 11.2 Å². The molecular formula is C18H17N3O4. The summed E-state index contributed by atoms with van der Waals surface area (Å²) in [5.74, 6) is -0.372. The number of fused-ring (bicyclic) bond motifs is 1. The molecule has 0 fully saturated rings.